The Kier molecular flexibility index (Phi) is 5.22. The van der Waals surface area contributed by atoms with E-state index in [4.69, 9.17) is 5.73 Å². The van der Waals surface area contributed by atoms with Crippen molar-refractivity contribution in [3.05, 3.63) is 11.0 Å². The summed E-state index contributed by atoms with van der Waals surface area (Å²) in [5.74, 6) is 0. The first-order valence-corrected chi connectivity index (χ1v) is 4.00. The summed E-state index contributed by atoms with van der Waals surface area (Å²) >= 11 is 1.73. The molecular formula is C6H13NS. The van der Waals surface area contributed by atoms with Gasteiger partial charge in [0, 0.05) is 6.54 Å². The topological polar surface area (TPSA) is 26.0 Å². The van der Waals surface area contributed by atoms with E-state index in [1.165, 1.54) is 4.91 Å². The fourth-order valence-corrected chi connectivity index (χ4v) is 0.978. The van der Waals surface area contributed by atoms with Crippen molar-refractivity contribution in [3.8, 4) is 0 Å². The second-order valence-electron chi connectivity index (χ2n) is 1.49. The van der Waals surface area contributed by atoms with Crippen molar-refractivity contribution < 1.29 is 0 Å². The zero-order valence-electron chi connectivity index (χ0n) is 5.48. The molecule has 0 aliphatic rings. The smallest absolute Gasteiger partial charge is 0.0235 e. The van der Waals surface area contributed by atoms with Gasteiger partial charge in [0.1, 0.15) is 0 Å². The summed E-state index contributed by atoms with van der Waals surface area (Å²) < 4.78 is 0. The number of thioether (sulfide) groups is 1. The van der Waals surface area contributed by atoms with Gasteiger partial charge in [0.15, 0.2) is 0 Å². The van der Waals surface area contributed by atoms with Gasteiger partial charge in [-0.15, -0.1) is 11.8 Å². The first kappa shape index (κ1) is 8.05. The number of hydrogen-bond donors (Lipinski definition) is 1. The van der Waals surface area contributed by atoms with Gasteiger partial charge in [-0.3, -0.25) is 0 Å². The predicted molar refractivity (Wildman–Crippen MR) is 40.9 cm³/mol. The SMILES string of the molecule is CC/C=C(/CN)SC. The fourth-order valence-electron chi connectivity index (χ4n) is 0.478. The molecule has 8 heavy (non-hydrogen) atoms. The molecule has 48 valence electrons. The minimum atomic E-state index is 0.689. The van der Waals surface area contributed by atoms with Crippen LogP contribution >= 0.6 is 11.8 Å². The molecule has 0 aromatic carbocycles. The van der Waals surface area contributed by atoms with Crippen LogP contribution < -0.4 is 5.73 Å². The van der Waals surface area contributed by atoms with Crippen LogP contribution in [0.15, 0.2) is 11.0 Å². The average molecular weight is 131 g/mol. The third-order valence-electron chi connectivity index (χ3n) is 0.895. The molecule has 0 radical (unpaired) electrons. The zero-order chi connectivity index (χ0) is 6.41. The van der Waals surface area contributed by atoms with Crippen molar-refractivity contribution in [2.45, 2.75) is 13.3 Å². The van der Waals surface area contributed by atoms with Gasteiger partial charge in [-0.25, -0.2) is 0 Å². The van der Waals surface area contributed by atoms with Crippen molar-refractivity contribution in [1.29, 1.82) is 0 Å². The normalized spacial score (nSPS) is 12.1. The maximum absolute atomic E-state index is 5.38. The monoisotopic (exact) mass is 131 g/mol. The predicted octanol–water partition coefficient (Wildman–Crippen LogP) is 1.60. The van der Waals surface area contributed by atoms with Crippen molar-refractivity contribution in [1.82, 2.24) is 0 Å². The highest BCUT2D eigenvalue weighted by molar-refractivity contribution is 8.02. The number of rotatable bonds is 3. The molecule has 0 fully saturated rings. The third-order valence-corrected chi connectivity index (χ3v) is 1.75. The van der Waals surface area contributed by atoms with Gasteiger partial charge < -0.3 is 5.73 Å². The van der Waals surface area contributed by atoms with Crippen molar-refractivity contribution in [2.75, 3.05) is 12.8 Å². The second kappa shape index (κ2) is 5.19. The molecule has 0 atom stereocenters. The fraction of sp³-hybridized carbons (Fsp3) is 0.667. The number of nitrogens with two attached hydrogens (primary N) is 1. The molecule has 0 aromatic heterocycles. The quantitative estimate of drug-likeness (QED) is 0.629. The number of allylic oxidation sites excluding steroid dienone is 1. The first-order valence-electron chi connectivity index (χ1n) is 2.78. The molecule has 0 rings (SSSR count). The summed E-state index contributed by atoms with van der Waals surface area (Å²) in [6.45, 7) is 2.81. The lowest BCUT2D eigenvalue weighted by Gasteiger charge is -1.95. The lowest BCUT2D eigenvalue weighted by Crippen LogP contribution is -1.99. The summed E-state index contributed by atoms with van der Waals surface area (Å²) in [4.78, 5) is 1.28. The molecule has 0 bridgehead atoms. The Hall–Kier alpha value is 0.0500. The molecule has 0 heterocycles. The Balaban J connectivity index is 3.49. The van der Waals surface area contributed by atoms with Crippen LogP contribution in [0.25, 0.3) is 0 Å². The van der Waals surface area contributed by atoms with E-state index in [9.17, 15) is 0 Å². The lowest BCUT2D eigenvalue weighted by molar-refractivity contribution is 1.16. The summed E-state index contributed by atoms with van der Waals surface area (Å²) in [7, 11) is 0. The summed E-state index contributed by atoms with van der Waals surface area (Å²) in [5.41, 5.74) is 5.38. The highest BCUT2D eigenvalue weighted by atomic mass is 32.2. The van der Waals surface area contributed by atoms with E-state index < -0.39 is 0 Å². The van der Waals surface area contributed by atoms with Crippen molar-refractivity contribution in [3.63, 3.8) is 0 Å². The minimum absolute atomic E-state index is 0.689. The van der Waals surface area contributed by atoms with Crippen LogP contribution in [0.5, 0.6) is 0 Å². The molecule has 0 amide bonds. The summed E-state index contributed by atoms with van der Waals surface area (Å²) in [6, 6.07) is 0. The molecule has 0 aliphatic heterocycles. The van der Waals surface area contributed by atoms with Crippen LogP contribution in [-0.2, 0) is 0 Å². The van der Waals surface area contributed by atoms with Gasteiger partial charge >= 0.3 is 0 Å². The Morgan fingerprint density at radius 3 is 2.50 bits per heavy atom. The largest absolute Gasteiger partial charge is 0.326 e. The lowest BCUT2D eigenvalue weighted by atomic mass is 10.4. The van der Waals surface area contributed by atoms with E-state index in [2.05, 4.69) is 13.0 Å². The van der Waals surface area contributed by atoms with E-state index in [1.54, 1.807) is 11.8 Å². The molecule has 0 saturated heterocycles. The van der Waals surface area contributed by atoms with Gasteiger partial charge in [-0.05, 0) is 17.6 Å². The average Bonchev–Trinajstić information content (AvgIpc) is 1.83. The van der Waals surface area contributed by atoms with Crippen LogP contribution in [0.1, 0.15) is 13.3 Å². The van der Waals surface area contributed by atoms with E-state index in [0.717, 1.165) is 6.42 Å². The molecule has 0 unspecified atom stereocenters. The highest BCUT2D eigenvalue weighted by Gasteiger charge is 1.85. The van der Waals surface area contributed by atoms with Crippen molar-refractivity contribution in [2.24, 2.45) is 5.73 Å². The van der Waals surface area contributed by atoms with Gasteiger partial charge in [0.2, 0.25) is 0 Å². The molecule has 2 heteroatoms. The van der Waals surface area contributed by atoms with Crippen LogP contribution in [-0.4, -0.2) is 12.8 Å². The van der Waals surface area contributed by atoms with E-state index >= 15 is 0 Å². The Morgan fingerprint density at radius 1 is 1.75 bits per heavy atom. The summed E-state index contributed by atoms with van der Waals surface area (Å²) in [6.07, 6.45) is 5.30. The van der Waals surface area contributed by atoms with Gasteiger partial charge in [0.05, 0.1) is 0 Å². The maximum Gasteiger partial charge on any atom is 0.0235 e. The maximum atomic E-state index is 5.38. The van der Waals surface area contributed by atoms with Gasteiger partial charge in [-0.2, -0.15) is 0 Å². The molecule has 0 aromatic rings. The van der Waals surface area contributed by atoms with Crippen LogP contribution in [0.2, 0.25) is 0 Å². The van der Waals surface area contributed by atoms with Crippen LogP contribution in [0, 0.1) is 0 Å². The summed E-state index contributed by atoms with van der Waals surface area (Å²) in [5, 5.41) is 0. The third kappa shape index (κ3) is 3.10. The number of hydrogen-bond acceptors (Lipinski definition) is 2. The van der Waals surface area contributed by atoms with Crippen LogP contribution in [0.3, 0.4) is 0 Å². The molecule has 0 spiro atoms. The Morgan fingerprint density at radius 2 is 2.38 bits per heavy atom. The minimum Gasteiger partial charge on any atom is -0.326 e. The van der Waals surface area contributed by atoms with Gasteiger partial charge in [-0.1, -0.05) is 13.0 Å². The van der Waals surface area contributed by atoms with Crippen LogP contribution in [0.4, 0.5) is 0 Å². The van der Waals surface area contributed by atoms with E-state index in [1.807, 2.05) is 6.26 Å². The molecule has 0 aliphatic carbocycles. The highest BCUT2D eigenvalue weighted by Crippen LogP contribution is 2.08. The molecule has 1 nitrogen and oxygen atoms in total. The first-order chi connectivity index (χ1) is 3.85. The van der Waals surface area contributed by atoms with Gasteiger partial charge in [0.25, 0.3) is 0 Å². The zero-order valence-corrected chi connectivity index (χ0v) is 6.29. The Bertz CT molecular complexity index is 72.6. The standard InChI is InChI=1S/C6H13NS/c1-3-4-6(5-7)8-2/h4H,3,5,7H2,1-2H3/b6-4-. The Labute approximate surface area is 55.3 Å². The van der Waals surface area contributed by atoms with Crippen molar-refractivity contribution >= 4 is 11.8 Å². The molecule has 2 N–H and O–H groups in total. The van der Waals surface area contributed by atoms with E-state index in [-0.39, 0.29) is 0 Å². The molecule has 0 saturated carbocycles. The second-order valence-corrected chi connectivity index (χ2v) is 2.42. The van der Waals surface area contributed by atoms with E-state index in [0.29, 0.717) is 6.54 Å². The molecular weight excluding hydrogens is 118 g/mol.